The number of cyclic esters (lactones) is 1. The number of carbonyl (C=O) groups excluding carboxylic acids is 2. The molecule has 130 valence electrons. The summed E-state index contributed by atoms with van der Waals surface area (Å²) in [7, 11) is 0. The second kappa shape index (κ2) is 8.02. The van der Waals surface area contributed by atoms with Gasteiger partial charge < -0.3 is 14.8 Å². The zero-order valence-corrected chi connectivity index (χ0v) is 15.0. The molecular weight excluding hydrogens is 388 g/mol. The van der Waals surface area contributed by atoms with Crippen molar-refractivity contribution in [3.8, 4) is 5.75 Å². The molecule has 0 unspecified atom stereocenters. The molecular formula is C18H17BrN2O4. The number of nitrogens with one attached hydrogen (secondary N) is 1. The van der Waals surface area contributed by atoms with Gasteiger partial charge in [0.25, 0.3) is 0 Å². The summed E-state index contributed by atoms with van der Waals surface area (Å²) in [6.07, 6.45) is -0.203. The second-order valence-electron chi connectivity index (χ2n) is 5.39. The van der Waals surface area contributed by atoms with E-state index in [4.69, 9.17) is 9.47 Å². The van der Waals surface area contributed by atoms with Crippen LogP contribution in [0.4, 0.5) is 16.2 Å². The van der Waals surface area contributed by atoms with E-state index in [0.717, 1.165) is 4.47 Å². The number of benzene rings is 2. The monoisotopic (exact) mass is 404 g/mol. The minimum absolute atomic E-state index is 0.185. The number of hydrogen-bond acceptors (Lipinski definition) is 4. The Morgan fingerprint density at radius 1 is 1.24 bits per heavy atom. The molecule has 3 rings (SSSR count). The van der Waals surface area contributed by atoms with Crippen molar-refractivity contribution in [2.24, 2.45) is 0 Å². The molecule has 0 spiro atoms. The van der Waals surface area contributed by atoms with Crippen LogP contribution < -0.4 is 15.0 Å². The average Bonchev–Trinajstić information content (AvgIpc) is 3.01. The molecule has 1 fully saturated rings. The molecule has 0 bridgehead atoms. The third-order valence-corrected chi connectivity index (χ3v) is 4.12. The summed E-state index contributed by atoms with van der Waals surface area (Å²) in [6.45, 7) is 1.08. The molecule has 1 aliphatic rings. The lowest BCUT2D eigenvalue weighted by Crippen LogP contribution is -2.25. The minimum atomic E-state index is -0.403. The first-order chi connectivity index (χ1) is 12.1. The molecule has 0 saturated carbocycles. The zero-order chi connectivity index (χ0) is 17.6. The fourth-order valence-electron chi connectivity index (χ4n) is 2.46. The summed E-state index contributed by atoms with van der Waals surface area (Å²) in [5.74, 6) is 0.511. The second-order valence-corrected chi connectivity index (χ2v) is 6.30. The van der Waals surface area contributed by atoms with Gasteiger partial charge in [-0.1, -0.05) is 34.1 Å². The van der Waals surface area contributed by atoms with E-state index < -0.39 is 6.09 Å². The van der Waals surface area contributed by atoms with E-state index in [1.54, 1.807) is 18.2 Å². The molecule has 1 heterocycles. The molecule has 0 aliphatic carbocycles. The van der Waals surface area contributed by atoms with Crippen LogP contribution in [0.3, 0.4) is 0 Å². The Balaban J connectivity index is 1.57. The van der Waals surface area contributed by atoms with Gasteiger partial charge in [0.2, 0.25) is 5.91 Å². The number of hydrogen-bond donors (Lipinski definition) is 1. The Hall–Kier alpha value is -2.54. The van der Waals surface area contributed by atoms with Gasteiger partial charge in [-0.3, -0.25) is 9.69 Å². The smallest absolute Gasteiger partial charge is 0.414 e. The topological polar surface area (TPSA) is 67.9 Å². The summed E-state index contributed by atoms with van der Waals surface area (Å²) < 4.78 is 11.4. The average molecular weight is 405 g/mol. The molecule has 0 aromatic heterocycles. The fraction of sp³-hybridized carbons (Fsp3) is 0.222. The van der Waals surface area contributed by atoms with Crippen LogP contribution in [-0.4, -0.2) is 31.8 Å². The van der Waals surface area contributed by atoms with Crippen molar-refractivity contribution in [1.82, 2.24) is 0 Å². The third-order valence-electron chi connectivity index (χ3n) is 3.62. The van der Waals surface area contributed by atoms with Crippen molar-refractivity contribution in [2.45, 2.75) is 6.42 Å². The molecule has 0 atom stereocenters. The van der Waals surface area contributed by atoms with Gasteiger partial charge in [0, 0.05) is 4.47 Å². The van der Waals surface area contributed by atoms with Crippen molar-refractivity contribution in [3.63, 3.8) is 0 Å². The predicted octanol–water partition coefficient (Wildman–Crippen LogP) is 3.81. The largest absolute Gasteiger partial charge is 0.493 e. The molecule has 2 amide bonds. The van der Waals surface area contributed by atoms with Crippen LogP contribution in [0, 0.1) is 0 Å². The first-order valence-electron chi connectivity index (χ1n) is 7.85. The summed E-state index contributed by atoms with van der Waals surface area (Å²) >= 11 is 3.37. The Bertz CT molecular complexity index is 781. The van der Waals surface area contributed by atoms with Crippen molar-refractivity contribution in [3.05, 3.63) is 53.0 Å². The van der Waals surface area contributed by atoms with Crippen LogP contribution in [0.2, 0.25) is 0 Å². The van der Waals surface area contributed by atoms with Crippen molar-refractivity contribution < 1.29 is 19.1 Å². The van der Waals surface area contributed by atoms with Gasteiger partial charge >= 0.3 is 6.09 Å². The summed E-state index contributed by atoms with van der Waals surface area (Å²) in [5.41, 5.74) is 1.21. The van der Waals surface area contributed by atoms with Crippen molar-refractivity contribution in [1.29, 1.82) is 0 Å². The predicted molar refractivity (Wildman–Crippen MR) is 98.0 cm³/mol. The van der Waals surface area contributed by atoms with Gasteiger partial charge in [-0.25, -0.2) is 4.79 Å². The minimum Gasteiger partial charge on any atom is -0.493 e. The van der Waals surface area contributed by atoms with Crippen molar-refractivity contribution >= 4 is 39.3 Å². The summed E-state index contributed by atoms with van der Waals surface area (Å²) in [4.78, 5) is 25.4. The number of carbonyl (C=O) groups is 2. The van der Waals surface area contributed by atoms with Gasteiger partial charge in [0.05, 0.1) is 30.9 Å². The van der Waals surface area contributed by atoms with E-state index in [2.05, 4.69) is 21.2 Å². The van der Waals surface area contributed by atoms with E-state index in [-0.39, 0.29) is 18.9 Å². The lowest BCUT2D eigenvalue weighted by atomic mass is 10.2. The molecule has 2 aromatic carbocycles. The molecule has 1 saturated heterocycles. The van der Waals surface area contributed by atoms with E-state index in [0.29, 0.717) is 30.3 Å². The highest BCUT2D eigenvalue weighted by Crippen LogP contribution is 2.28. The normalized spacial score (nSPS) is 13.5. The van der Waals surface area contributed by atoms with Gasteiger partial charge in [0.15, 0.2) is 0 Å². The molecule has 0 radical (unpaired) electrons. The highest BCUT2D eigenvalue weighted by atomic mass is 79.9. The van der Waals surface area contributed by atoms with Gasteiger partial charge in [-0.2, -0.15) is 0 Å². The van der Waals surface area contributed by atoms with Gasteiger partial charge in [-0.15, -0.1) is 0 Å². The van der Waals surface area contributed by atoms with E-state index in [9.17, 15) is 9.59 Å². The SMILES string of the molecule is O=C(CCOc1cccc(Br)c1)Nc1ccccc1N1CCOC1=O. The number of ether oxygens (including phenoxy) is 2. The number of para-hydroxylation sites is 2. The maximum absolute atomic E-state index is 12.2. The lowest BCUT2D eigenvalue weighted by molar-refractivity contribution is -0.116. The number of rotatable bonds is 6. The zero-order valence-electron chi connectivity index (χ0n) is 13.4. The van der Waals surface area contributed by atoms with Crippen LogP contribution in [0.1, 0.15) is 6.42 Å². The quantitative estimate of drug-likeness (QED) is 0.794. The highest BCUT2D eigenvalue weighted by molar-refractivity contribution is 9.10. The standard InChI is InChI=1S/C18H17BrN2O4/c19-13-4-3-5-14(12-13)24-10-8-17(22)20-15-6-1-2-7-16(15)21-9-11-25-18(21)23/h1-7,12H,8-11H2,(H,20,22). The highest BCUT2D eigenvalue weighted by Gasteiger charge is 2.25. The fourth-order valence-corrected chi connectivity index (χ4v) is 2.84. The van der Waals surface area contributed by atoms with Gasteiger partial charge in [0.1, 0.15) is 12.4 Å². The molecule has 1 N–H and O–H groups in total. The summed E-state index contributed by atoms with van der Waals surface area (Å²) in [6, 6.07) is 14.6. The number of anilines is 2. The Labute approximate surface area is 153 Å². The summed E-state index contributed by atoms with van der Waals surface area (Å²) in [5, 5.41) is 2.83. The van der Waals surface area contributed by atoms with E-state index >= 15 is 0 Å². The number of halogens is 1. The maximum atomic E-state index is 12.2. The van der Waals surface area contributed by atoms with Gasteiger partial charge in [-0.05, 0) is 30.3 Å². The number of nitrogens with zero attached hydrogens (tertiary/aromatic N) is 1. The lowest BCUT2D eigenvalue weighted by Gasteiger charge is -2.17. The van der Waals surface area contributed by atoms with Crippen LogP contribution in [0.5, 0.6) is 5.75 Å². The molecule has 7 heteroatoms. The Morgan fingerprint density at radius 3 is 2.84 bits per heavy atom. The molecule has 1 aliphatic heterocycles. The van der Waals surface area contributed by atoms with Crippen LogP contribution in [-0.2, 0) is 9.53 Å². The molecule has 25 heavy (non-hydrogen) atoms. The first-order valence-corrected chi connectivity index (χ1v) is 8.64. The number of amides is 2. The third kappa shape index (κ3) is 4.51. The van der Waals surface area contributed by atoms with E-state index in [1.165, 1.54) is 4.90 Å². The van der Waals surface area contributed by atoms with Crippen molar-refractivity contribution in [2.75, 3.05) is 30.0 Å². The van der Waals surface area contributed by atoms with E-state index in [1.807, 2.05) is 30.3 Å². The Morgan fingerprint density at radius 2 is 2.08 bits per heavy atom. The molecule has 6 nitrogen and oxygen atoms in total. The van der Waals surface area contributed by atoms with Crippen LogP contribution >= 0.6 is 15.9 Å². The van der Waals surface area contributed by atoms with Crippen LogP contribution in [0.25, 0.3) is 0 Å². The Kier molecular flexibility index (Phi) is 5.55. The first kappa shape index (κ1) is 17.3. The maximum Gasteiger partial charge on any atom is 0.414 e. The molecule has 2 aromatic rings. The van der Waals surface area contributed by atoms with Crippen LogP contribution in [0.15, 0.2) is 53.0 Å².